The number of ether oxygens (including phenoxy) is 2. The molecule has 1 rings (SSSR count). The molecule has 110 valence electrons. The number of hydrogen-bond acceptors (Lipinski definition) is 7. The van der Waals surface area contributed by atoms with Crippen molar-refractivity contribution < 1.29 is 27.6 Å². The van der Waals surface area contributed by atoms with Crippen molar-refractivity contribution in [1.29, 1.82) is 0 Å². The summed E-state index contributed by atoms with van der Waals surface area (Å²) in [5.41, 5.74) is -0.488. The van der Waals surface area contributed by atoms with E-state index in [1.807, 2.05) is 0 Å². The van der Waals surface area contributed by atoms with Crippen molar-refractivity contribution in [3.63, 3.8) is 0 Å². The summed E-state index contributed by atoms with van der Waals surface area (Å²) in [6, 6.07) is 3.16. The molecule has 0 N–H and O–H groups in total. The molecule has 0 aliphatic heterocycles. The summed E-state index contributed by atoms with van der Waals surface area (Å²) in [5, 5.41) is 10.8. The summed E-state index contributed by atoms with van der Waals surface area (Å²) in [6.45, 7) is 1.60. The van der Waals surface area contributed by atoms with Crippen molar-refractivity contribution in [2.45, 2.75) is 11.8 Å². The third-order valence-corrected chi connectivity index (χ3v) is 3.91. The molecule has 0 saturated heterocycles. The van der Waals surface area contributed by atoms with Crippen molar-refractivity contribution in [2.75, 3.05) is 19.5 Å². The lowest BCUT2D eigenvalue weighted by atomic mass is 10.3. The summed E-state index contributed by atoms with van der Waals surface area (Å²) in [5.74, 6) is -1.85. The third kappa shape index (κ3) is 3.67. The third-order valence-electron chi connectivity index (χ3n) is 2.32. The van der Waals surface area contributed by atoms with E-state index in [9.17, 15) is 23.3 Å². The fourth-order valence-corrected chi connectivity index (χ4v) is 2.57. The standard InChI is InChI=1S/C11H13NO7S/c1-3-19-11(13)7-20(16,17)8-4-5-10(18-2)9(6-8)12(14)15/h4-6H,3,7H2,1-2H3. The number of rotatable bonds is 6. The van der Waals surface area contributed by atoms with E-state index in [-0.39, 0.29) is 17.3 Å². The second-order valence-electron chi connectivity index (χ2n) is 3.65. The molecule has 0 bridgehead atoms. The Bertz CT molecular complexity index is 624. The number of methoxy groups -OCH3 is 1. The highest BCUT2D eigenvalue weighted by Crippen LogP contribution is 2.29. The van der Waals surface area contributed by atoms with Gasteiger partial charge in [-0.05, 0) is 19.1 Å². The van der Waals surface area contributed by atoms with Gasteiger partial charge >= 0.3 is 11.7 Å². The molecule has 0 radical (unpaired) electrons. The summed E-state index contributed by atoms with van der Waals surface area (Å²) in [4.78, 5) is 20.9. The van der Waals surface area contributed by atoms with Gasteiger partial charge in [0.1, 0.15) is 0 Å². The lowest BCUT2D eigenvalue weighted by molar-refractivity contribution is -0.386. The molecule has 0 heterocycles. The Morgan fingerprint density at radius 2 is 2.05 bits per heavy atom. The van der Waals surface area contributed by atoms with Crippen molar-refractivity contribution in [2.24, 2.45) is 0 Å². The quantitative estimate of drug-likeness (QED) is 0.436. The van der Waals surface area contributed by atoms with E-state index < -0.39 is 32.2 Å². The first-order valence-electron chi connectivity index (χ1n) is 5.52. The predicted octanol–water partition coefficient (Wildman–Crippen LogP) is 0.940. The number of benzene rings is 1. The van der Waals surface area contributed by atoms with E-state index in [1.54, 1.807) is 6.92 Å². The van der Waals surface area contributed by atoms with Crippen LogP contribution in [-0.2, 0) is 19.4 Å². The lowest BCUT2D eigenvalue weighted by Gasteiger charge is -2.06. The number of nitro groups is 1. The molecule has 0 fully saturated rings. The zero-order valence-electron chi connectivity index (χ0n) is 10.9. The molecule has 20 heavy (non-hydrogen) atoms. The Labute approximate surface area is 115 Å². The molecule has 0 aromatic heterocycles. The van der Waals surface area contributed by atoms with Gasteiger partial charge in [0.2, 0.25) is 0 Å². The molecule has 0 saturated carbocycles. The number of esters is 1. The van der Waals surface area contributed by atoms with Crippen LogP contribution in [0.25, 0.3) is 0 Å². The first kappa shape index (κ1) is 15.9. The van der Waals surface area contributed by atoms with Crippen LogP contribution in [0.15, 0.2) is 23.1 Å². The van der Waals surface area contributed by atoms with Gasteiger partial charge in [0, 0.05) is 6.07 Å². The van der Waals surface area contributed by atoms with Gasteiger partial charge in [-0.25, -0.2) is 8.42 Å². The van der Waals surface area contributed by atoms with Crippen LogP contribution in [0.1, 0.15) is 6.92 Å². The second-order valence-corrected chi connectivity index (χ2v) is 5.64. The van der Waals surface area contributed by atoms with E-state index in [2.05, 4.69) is 4.74 Å². The Kier molecular flexibility index (Phi) is 5.03. The Hall–Kier alpha value is -2.16. The smallest absolute Gasteiger partial charge is 0.321 e. The number of carbonyl (C=O) groups is 1. The monoisotopic (exact) mass is 303 g/mol. The van der Waals surface area contributed by atoms with Crippen LogP contribution >= 0.6 is 0 Å². The number of nitro benzene ring substituents is 1. The largest absolute Gasteiger partial charge is 0.490 e. The molecular weight excluding hydrogens is 290 g/mol. The van der Waals surface area contributed by atoms with Crippen LogP contribution in [0.2, 0.25) is 0 Å². The average Bonchev–Trinajstić information content (AvgIpc) is 2.37. The minimum Gasteiger partial charge on any atom is -0.490 e. The normalized spacial score (nSPS) is 10.9. The van der Waals surface area contributed by atoms with Crippen molar-refractivity contribution in [1.82, 2.24) is 0 Å². The van der Waals surface area contributed by atoms with Crippen LogP contribution in [0.4, 0.5) is 5.69 Å². The molecule has 0 unspecified atom stereocenters. The van der Waals surface area contributed by atoms with Crippen LogP contribution in [0, 0.1) is 10.1 Å². The predicted molar refractivity (Wildman–Crippen MR) is 68.3 cm³/mol. The molecule has 0 aliphatic carbocycles. The molecule has 0 atom stereocenters. The fraction of sp³-hybridized carbons (Fsp3) is 0.364. The molecule has 0 spiro atoms. The number of hydrogen-bond donors (Lipinski definition) is 0. The summed E-state index contributed by atoms with van der Waals surface area (Å²) in [6.07, 6.45) is 0. The van der Waals surface area contributed by atoms with E-state index in [0.717, 1.165) is 18.2 Å². The van der Waals surface area contributed by atoms with E-state index in [0.29, 0.717) is 0 Å². The van der Waals surface area contributed by atoms with E-state index >= 15 is 0 Å². The maximum Gasteiger partial charge on any atom is 0.321 e. The average molecular weight is 303 g/mol. The highest BCUT2D eigenvalue weighted by atomic mass is 32.2. The topological polar surface area (TPSA) is 113 Å². The van der Waals surface area contributed by atoms with Gasteiger partial charge in [0.25, 0.3) is 0 Å². The Morgan fingerprint density at radius 1 is 1.40 bits per heavy atom. The summed E-state index contributed by atoms with van der Waals surface area (Å²) in [7, 11) is -2.77. The van der Waals surface area contributed by atoms with Gasteiger partial charge in [0.15, 0.2) is 21.3 Å². The lowest BCUT2D eigenvalue weighted by Crippen LogP contribution is -2.18. The van der Waals surface area contributed by atoms with Crippen molar-refractivity contribution in [3.05, 3.63) is 28.3 Å². The van der Waals surface area contributed by atoms with Crippen molar-refractivity contribution in [3.8, 4) is 5.75 Å². The first-order chi connectivity index (χ1) is 9.31. The zero-order valence-corrected chi connectivity index (χ0v) is 11.7. The number of sulfone groups is 1. The summed E-state index contributed by atoms with van der Waals surface area (Å²) >= 11 is 0. The molecule has 0 amide bonds. The van der Waals surface area contributed by atoms with Crippen LogP contribution in [0.5, 0.6) is 5.75 Å². The molecule has 0 aliphatic rings. The highest BCUT2D eigenvalue weighted by molar-refractivity contribution is 7.92. The number of nitrogens with zero attached hydrogens (tertiary/aromatic N) is 1. The fourth-order valence-electron chi connectivity index (χ4n) is 1.45. The van der Waals surface area contributed by atoms with Crippen molar-refractivity contribution >= 4 is 21.5 Å². The van der Waals surface area contributed by atoms with Gasteiger partial charge in [0.05, 0.1) is 23.5 Å². The highest BCUT2D eigenvalue weighted by Gasteiger charge is 2.24. The maximum absolute atomic E-state index is 11.9. The van der Waals surface area contributed by atoms with Gasteiger partial charge in [-0.1, -0.05) is 0 Å². The first-order valence-corrected chi connectivity index (χ1v) is 7.18. The SMILES string of the molecule is CCOC(=O)CS(=O)(=O)c1ccc(OC)c([N+](=O)[O-])c1. The van der Waals surface area contributed by atoms with E-state index in [1.165, 1.54) is 7.11 Å². The van der Waals surface area contributed by atoms with Crippen LogP contribution in [0.3, 0.4) is 0 Å². The molecule has 9 heteroatoms. The molecule has 8 nitrogen and oxygen atoms in total. The minimum absolute atomic E-state index is 0.0527. The summed E-state index contributed by atoms with van der Waals surface area (Å²) < 4.78 is 33.2. The molecular formula is C11H13NO7S. The van der Waals surface area contributed by atoms with Gasteiger partial charge in [-0.15, -0.1) is 0 Å². The van der Waals surface area contributed by atoms with Crippen LogP contribution < -0.4 is 4.74 Å². The van der Waals surface area contributed by atoms with Gasteiger partial charge in [-0.3, -0.25) is 14.9 Å². The zero-order chi connectivity index (χ0) is 15.3. The van der Waals surface area contributed by atoms with Crippen LogP contribution in [-0.4, -0.2) is 38.8 Å². The minimum atomic E-state index is -4.00. The Balaban J connectivity index is 3.16. The Morgan fingerprint density at radius 3 is 2.55 bits per heavy atom. The van der Waals surface area contributed by atoms with E-state index in [4.69, 9.17) is 4.74 Å². The molecule has 1 aromatic carbocycles. The van der Waals surface area contributed by atoms with Gasteiger partial charge in [-0.2, -0.15) is 0 Å². The number of carbonyl (C=O) groups excluding carboxylic acids is 1. The van der Waals surface area contributed by atoms with Gasteiger partial charge < -0.3 is 9.47 Å². The maximum atomic E-state index is 11.9. The molecule has 1 aromatic rings. The second kappa shape index (κ2) is 6.33.